The van der Waals surface area contributed by atoms with Crippen LogP contribution >= 0.6 is 0 Å². The molecule has 2 atom stereocenters. The molecule has 0 spiro atoms. The fraction of sp³-hybridized carbons (Fsp3) is 0.545. The molecule has 96 valence electrons. The van der Waals surface area contributed by atoms with Crippen LogP contribution in [0.25, 0.3) is 0 Å². The number of rotatable bonds is 4. The Labute approximate surface area is 97.7 Å². The third kappa shape index (κ3) is 4.22. The van der Waals surface area contributed by atoms with E-state index in [-0.39, 0.29) is 11.9 Å². The Bertz CT molecular complexity index is 366. The highest BCUT2D eigenvalue weighted by Gasteiger charge is 2.34. The lowest BCUT2D eigenvalue weighted by Crippen LogP contribution is -2.23. The molecule has 6 heteroatoms. The van der Waals surface area contributed by atoms with Crippen molar-refractivity contribution >= 4 is 5.82 Å². The summed E-state index contributed by atoms with van der Waals surface area (Å²) < 4.78 is 37.9. The predicted octanol–water partition coefficient (Wildman–Crippen LogP) is 2.67. The SMILES string of the molecule is CC(O)CC(C)Nc1ncccc1C(F)(F)F. The van der Waals surface area contributed by atoms with Gasteiger partial charge in [-0.25, -0.2) is 4.98 Å². The minimum Gasteiger partial charge on any atom is -0.393 e. The molecule has 2 N–H and O–H groups in total. The average molecular weight is 248 g/mol. The summed E-state index contributed by atoms with van der Waals surface area (Å²) in [6.07, 6.45) is -3.35. The van der Waals surface area contributed by atoms with Crippen LogP contribution in [0.15, 0.2) is 18.3 Å². The van der Waals surface area contributed by atoms with Crippen molar-refractivity contribution in [3.05, 3.63) is 23.9 Å². The molecule has 0 bridgehead atoms. The minimum atomic E-state index is -4.43. The third-order valence-corrected chi connectivity index (χ3v) is 2.19. The smallest absolute Gasteiger partial charge is 0.393 e. The molecule has 3 nitrogen and oxygen atoms in total. The lowest BCUT2D eigenvalue weighted by molar-refractivity contribution is -0.137. The number of alkyl halides is 3. The maximum atomic E-state index is 12.6. The number of aliphatic hydroxyl groups excluding tert-OH is 1. The summed E-state index contributed by atoms with van der Waals surface area (Å²) in [7, 11) is 0. The molecule has 0 aliphatic rings. The Morgan fingerprint density at radius 1 is 1.41 bits per heavy atom. The van der Waals surface area contributed by atoms with E-state index in [2.05, 4.69) is 10.3 Å². The number of hydrogen-bond donors (Lipinski definition) is 2. The van der Waals surface area contributed by atoms with E-state index in [1.54, 1.807) is 13.8 Å². The van der Waals surface area contributed by atoms with Crippen LogP contribution in [0.2, 0.25) is 0 Å². The summed E-state index contributed by atoms with van der Waals surface area (Å²) in [6.45, 7) is 3.28. The first-order chi connectivity index (χ1) is 7.80. The molecular weight excluding hydrogens is 233 g/mol. The van der Waals surface area contributed by atoms with E-state index in [9.17, 15) is 13.2 Å². The summed E-state index contributed by atoms with van der Waals surface area (Å²) >= 11 is 0. The Hall–Kier alpha value is -1.30. The van der Waals surface area contributed by atoms with Gasteiger partial charge in [-0.1, -0.05) is 0 Å². The second-order valence-corrected chi connectivity index (χ2v) is 4.03. The molecule has 0 saturated heterocycles. The quantitative estimate of drug-likeness (QED) is 0.861. The number of nitrogens with one attached hydrogen (secondary N) is 1. The molecule has 2 unspecified atom stereocenters. The summed E-state index contributed by atoms with van der Waals surface area (Å²) in [5.41, 5.74) is -0.794. The largest absolute Gasteiger partial charge is 0.419 e. The van der Waals surface area contributed by atoms with Crippen LogP contribution in [0.3, 0.4) is 0 Å². The Morgan fingerprint density at radius 3 is 2.59 bits per heavy atom. The van der Waals surface area contributed by atoms with Gasteiger partial charge in [0.2, 0.25) is 0 Å². The minimum absolute atomic E-state index is 0.201. The van der Waals surface area contributed by atoms with Gasteiger partial charge in [0.25, 0.3) is 0 Å². The maximum Gasteiger partial charge on any atom is 0.419 e. The van der Waals surface area contributed by atoms with E-state index >= 15 is 0 Å². The van der Waals surface area contributed by atoms with Crippen molar-refractivity contribution in [3.8, 4) is 0 Å². The van der Waals surface area contributed by atoms with Crippen molar-refractivity contribution in [2.75, 3.05) is 5.32 Å². The molecule has 0 radical (unpaired) electrons. The molecule has 1 rings (SSSR count). The number of aliphatic hydroxyl groups is 1. The van der Waals surface area contributed by atoms with Crippen LogP contribution in [-0.2, 0) is 6.18 Å². The first kappa shape index (κ1) is 13.8. The first-order valence-electron chi connectivity index (χ1n) is 5.27. The van der Waals surface area contributed by atoms with Gasteiger partial charge in [0, 0.05) is 12.2 Å². The van der Waals surface area contributed by atoms with Crippen molar-refractivity contribution < 1.29 is 18.3 Å². The zero-order valence-electron chi connectivity index (χ0n) is 9.62. The standard InChI is InChI=1S/C11H15F3N2O/c1-7(6-8(2)17)16-10-9(11(12,13)14)4-3-5-15-10/h3-5,7-8,17H,6H2,1-2H3,(H,15,16). The number of nitrogens with zero attached hydrogens (tertiary/aromatic N) is 1. The van der Waals surface area contributed by atoms with E-state index in [0.717, 1.165) is 6.07 Å². The second-order valence-electron chi connectivity index (χ2n) is 4.03. The van der Waals surface area contributed by atoms with Gasteiger partial charge in [-0.05, 0) is 32.4 Å². The molecule has 0 amide bonds. The van der Waals surface area contributed by atoms with Crippen LogP contribution < -0.4 is 5.32 Å². The normalized spacial score (nSPS) is 15.4. The number of hydrogen-bond acceptors (Lipinski definition) is 3. The van der Waals surface area contributed by atoms with Crippen molar-refractivity contribution in [3.63, 3.8) is 0 Å². The molecule has 0 aliphatic carbocycles. The van der Waals surface area contributed by atoms with Crippen molar-refractivity contribution in [2.24, 2.45) is 0 Å². The highest BCUT2D eigenvalue weighted by Crippen LogP contribution is 2.33. The van der Waals surface area contributed by atoms with E-state index in [1.165, 1.54) is 12.3 Å². The number of anilines is 1. The molecular formula is C11H15F3N2O. The van der Waals surface area contributed by atoms with Crippen LogP contribution in [0, 0.1) is 0 Å². The number of aromatic nitrogens is 1. The molecule has 17 heavy (non-hydrogen) atoms. The van der Waals surface area contributed by atoms with E-state index in [0.29, 0.717) is 6.42 Å². The fourth-order valence-corrected chi connectivity index (χ4v) is 1.55. The van der Waals surface area contributed by atoms with Crippen molar-refractivity contribution in [2.45, 2.75) is 38.6 Å². The van der Waals surface area contributed by atoms with Gasteiger partial charge in [-0.15, -0.1) is 0 Å². The Morgan fingerprint density at radius 2 is 2.06 bits per heavy atom. The van der Waals surface area contributed by atoms with Crippen LogP contribution in [0.4, 0.5) is 19.0 Å². The van der Waals surface area contributed by atoms with Gasteiger partial charge in [0.1, 0.15) is 5.82 Å². The lowest BCUT2D eigenvalue weighted by Gasteiger charge is -2.19. The van der Waals surface area contributed by atoms with Gasteiger partial charge in [0.15, 0.2) is 0 Å². The zero-order chi connectivity index (χ0) is 13.1. The molecule has 1 aromatic rings. The Balaban J connectivity index is 2.84. The summed E-state index contributed by atoms with van der Waals surface area (Å²) in [5.74, 6) is -0.201. The first-order valence-corrected chi connectivity index (χ1v) is 5.27. The topological polar surface area (TPSA) is 45.1 Å². The molecule has 0 fully saturated rings. The second kappa shape index (κ2) is 5.35. The predicted molar refractivity (Wildman–Crippen MR) is 58.6 cm³/mol. The van der Waals surface area contributed by atoms with Crippen molar-refractivity contribution in [1.29, 1.82) is 0 Å². The molecule has 1 heterocycles. The maximum absolute atomic E-state index is 12.6. The summed E-state index contributed by atoms with van der Waals surface area (Å²) in [4.78, 5) is 3.68. The van der Waals surface area contributed by atoms with Crippen LogP contribution in [0.1, 0.15) is 25.8 Å². The summed E-state index contributed by atoms with van der Waals surface area (Å²) in [5, 5.41) is 11.8. The van der Waals surface area contributed by atoms with Crippen molar-refractivity contribution in [1.82, 2.24) is 4.98 Å². The highest BCUT2D eigenvalue weighted by molar-refractivity contribution is 5.46. The van der Waals surface area contributed by atoms with E-state index < -0.39 is 17.8 Å². The zero-order valence-corrected chi connectivity index (χ0v) is 9.62. The van der Waals surface area contributed by atoms with Gasteiger partial charge in [0.05, 0.1) is 11.7 Å². The average Bonchev–Trinajstić information content (AvgIpc) is 2.15. The monoisotopic (exact) mass is 248 g/mol. The van der Waals surface area contributed by atoms with Gasteiger partial charge in [-0.3, -0.25) is 0 Å². The number of pyridine rings is 1. The third-order valence-electron chi connectivity index (χ3n) is 2.19. The molecule has 0 aromatic carbocycles. The molecule has 0 saturated carbocycles. The van der Waals surface area contributed by atoms with Crippen LogP contribution in [0.5, 0.6) is 0 Å². The van der Waals surface area contributed by atoms with E-state index in [1.807, 2.05) is 0 Å². The van der Waals surface area contributed by atoms with E-state index in [4.69, 9.17) is 5.11 Å². The Kier molecular flexibility index (Phi) is 4.34. The fourth-order valence-electron chi connectivity index (χ4n) is 1.55. The summed E-state index contributed by atoms with van der Waals surface area (Å²) in [6, 6.07) is 1.93. The lowest BCUT2D eigenvalue weighted by atomic mass is 10.1. The highest BCUT2D eigenvalue weighted by atomic mass is 19.4. The van der Waals surface area contributed by atoms with Gasteiger partial charge >= 0.3 is 6.18 Å². The molecule has 1 aromatic heterocycles. The molecule has 0 aliphatic heterocycles. The van der Waals surface area contributed by atoms with Gasteiger partial charge < -0.3 is 10.4 Å². The number of halogens is 3. The van der Waals surface area contributed by atoms with Crippen LogP contribution in [-0.4, -0.2) is 22.2 Å². The van der Waals surface area contributed by atoms with Gasteiger partial charge in [-0.2, -0.15) is 13.2 Å².